The molecule has 3 aliphatic heterocycles. The number of fused-ring (bicyclic) bond motifs is 2. The predicted molar refractivity (Wildman–Crippen MR) is 246 cm³/mol. The van der Waals surface area contributed by atoms with Crippen molar-refractivity contribution in [3.05, 3.63) is 208 Å². The summed E-state index contributed by atoms with van der Waals surface area (Å²) in [6, 6.07) is 47.4. The first-order chi connectivity index (χ1) is 31.5. The highest BCUT2D eigenvalue weighted by atomic mass is 19.1. The van der Waals surface area contributed by atoms with Gasteiger partial charge >= 0.3 is 0 Å². The molecule has 9 heteroatoms. The van der Waals surface area contributed by atoms with Crippen molar-refractivity contribution in [3.63, 3.8) is 0 Å². The summed E-state index contributed by atoms with van der Waals surface area (Å²) >= 11 is 0. The number of halogens is 1. The molecule has 1 N–H and O–H groups in total. The highest BCUT2D eigenvalue weighted by Gasteiger charge is 2.58. The zero-order chi connectivity index (χ0) is 43.7. The van der Waals surface area contributed by atoms with Gasteiger partial charge in [-0.15, -0.1) is 6.58 Å². The number of aryl methyl sites for hydroxylation is 1. The van der Waals surface area contributed by atoms with Crippen molar-refractivity contribution in [2.45, 2.75) is 82.4 Å². The van der Waals surface area contributed by atoms with E-state index in [1.165, 1.54) is 11.3 Å². The Kier molecular flexibility index (Phi) is 13.8. The molecule has 1 fully saturated rings. The van der Waals surface area contributed by atoms with Gasteiger partial charge in [0, 0.05) is 37.2 Å². The minimum Gasteiger partial charge on any atom is -0.493 e. The van der Waals surface area contributed by atoms with Crippen LogP contribution >= 0.6 is 0 Å². The fourth-order valence-corrected chi connectivity index (χ4v) is 9.18. The molecule has 1 saturated heterocycles. The number of anilines is 1. The lowest BCUT2D eigenvalue weighted by atomic mass is 9.84. The molecule has 330 valence electrons. The van der Waals surface area contributed by atoms with Gasteiger partial charge in [-0.1, -0.05) is 140 Å². The standard InChI is InChI=1S/C55H56FNO7/c1-2-28-57-29-15-24-44-26-25-43(32-48(44)57)31-45-33-47(52(46-27-30-60-51(45)46)61-35-40-18-9-4-10-19-40)55(58)54(63-37-42-22-13-6-14-23-42)53(62-36-41-20-11-5-12-21-41)50(56)49(64-55)38-59-34-39-16-7-3-8-17-39/h2-14,16-23,25-26,32-33,49-50,53-54,58H,1,15,24,27-31,34-38H2/t49-,50-,53+,54-,55?/m1/s1. The van der Waals surface area contributed by atoms with Crippen LogP contribution in [0.15, 0.2) is 158 Å². The molecule has 3 aliphatic rings. The number of hydrogen-bond donors (Lipinski definition) is 1. The fraction of sp³-hybridized carbons (Fsp3) is 0.309. The molecule has 0 aliphatic carbocycles. The van der Waals surface area contributed by atoms with Crippen molar-refractivity contribution < 1.29 is 37.9 Å². The third-order valence-electron chi connectivity index (χ3n) is 12.4. The van der Waals surface area contributed by atoms with Gasteiger partial charge < -0.3 is 38.4 Å². The van der Waals surface area contributed by atoms with E-state index < -0.39 is 30.3 Å². The second-order valence-corrected chi connectivity index (χ2v) is 16.8. The molecular weight excluding hydrogens is 806 g/mol. The van der Waals surface area contributed by atoms with E-state index in [2.05, 4.69) is 29.7 Å². The smallest absolute Gasteiger partial charge is 0.226 e. The maximum atomic E-state index is 17.5. The summed E-state index contributed by atoms with van der Waals surface area (Å²) in [6.45, 7) is 6.58. The molecule has 64 heavy (non-hydrogen) atoms. The molecule has 0 spiro atoms. The third kappa shape index (κ3) is 9.79. The van der Waals surface area contributed by atoms with Gasteiger partial charge in [0.2, 0.25) is 5.79 Å². The van der Waals surface area contributed by atoms with Gasteiger partial charge in [-0.05, 0) is 63.9 Å². The van der Waals surface area contributed by atoms with Gasteiger partial charge in [0.15, 0.2) is 6.17 Å². The summed E-state index contributed by atoms with van der Waals surface area (Å²) in [5.41, 5.74) is 9.16. The van der Waals surface area contributed by atoms with E-state index in [1.807, 2.05) is 133 Å². The maximum Gasteiger partial charge on any atom is 0.226 e. The van der Waals surface area contributed by atoms with Crippen molar-refractivity contribution in [2.75, 3.05) is 31.2 Å². The molecule has 6 aromatic carbocycles. The Bertz CT molecular complexity index is 2450. The van der Waals surface area contributed by atoms with Crippen LogP contribution in [-0.2, 0) is 70.4 Å². The average molecular weight is 862 g/mol. The lowest BCUT2D eigenvalue weighted by Crippen LogP contribution is -2.64. The second-order valence-electron chi connectivity index (χ2n) is 16.8. The van der Waals surface area contributed by atoms with Crippen LogP contribution in [0, 0.1) is 0 Å². The van der Waals surface area contributed by atoms with Crippen LogP contribution in [0.4, 0.5) is 10.1 Å². The van der Waals surface area contributed by atoms with E-state index in [1.54, 1.807) is 0 Å². The van der Waals surface area contributed by atoms with E-state index in [0.29, 0.717) is 30.8 Å². The lowest BCUT2D eigenvalue weighted by Gasteiger charge is -2.48. The zero-order valence-corrected chi connectivity index (χ0v) is 36.2. The number of rotatable bonds is 18. The van der Waals surface area contributed by atoms with E-state index in [4.69, 9.17) is 28.4 Å². The number of aliphatic hydroxyl groups is 1. The first-order valence-corrected chi connectivity index (χ1v) is 22.4. The van der Waals surface area contributed by atoms with Gasteiger partial charge in [-0.3, -0.25) is 0 Å². The van der Waals surface area contributed by atoms with Gasteiger partial charge in [0.05, 0.1) is 38.6 Å². The van der Waals surface area contributed by atoms with Crippen LogP contribution in [-0.4, -0.2) is 55.9 Å². The molecule has 8 nitrogen and oxygen atoms in total. The van der Waals surface area contributed by atoms with E-state index in [-0.39, 0.29) is 33.0 Å². The Morgan fingerprint density at radius 3 is 2.02 bits per heavy atom. The van der Waals surface area contributed by atoms with Gasteiger partial charge in [0.1, 0.15) is 36.4 Å². The van der Waals surface area contributed by atoms with Crippen molar-refractivity contribution >= 4 is 5.69 Å². The molecule has 0 saturated carbocycles. The number of ether oxygens (including phenoxy) is 6. The molecule has 5 atom stereocenters. The van der Waals surface area contributed by atoms with Crippen LogP contribution in [0.25, 0.3) is 0 Å². The Morgan fingerprint density at radius 2 is 1.36 bits per heavy atom. The van der Waals surface area contributed by atoms with Gasteiger partial charge in [-0.25, -0.2) is 4.39 Å². The van der Waals surface area contributed by atoms with E-state index in [0.717, 1.165) is 70.6 Å². The lowest BCUT2D eigenvalue weighted by molar-refractivity contribution is -0.367. The zero-order valence-electron chi connectivity index (χ0n) is 36.2. The maximum absolute atomic E-state index is 17.5. The average Bonchev–Trinajstić information content (AvgIpc) is 3.84. The molecule has 3 heterocycles. The Balaban J connectivity index is 1.16. The minimum atomic E-state index is -2.30. The Hall–Kier alpha value is -5.81. The predicted octanol–water partition coefficient (Wildman–Crippen LogP) is 10.00. The summed E-state index contributed by atoms with van der Waals surface area (Å²) < 4.78 is 57.1. The topological polar surface area (TPSA) is 78.9 Å². The first kappa shape index (κ1) is 43.4. The van der Waals surface area contributed by atoms with Crippen LogP contribution in [0.2, 0.25) is 0 Å². The van der Waals surface area contributed by atoms with Crippen molar-refractivity contribution in [3.8, 4) is 11.5 Å². The summed E-state index contributed by atoms with van der Waals surface area (Å²) in [5.74, 6) is -1.16. The molecule has 0 bridgehead atoms. The van der Waals surface area contributed by atoms with E-state index >= 15 is 4.39 Å². The van der Waals surface area contributed by atoms with Crippen LogP contribution < -0.4 is 14.4 Å². The second kappa shape index (κ2) is 20.4. The van der Waals surface area contributed by atoms with Crippen LogP contribution in [0.1, 0.15) is 56.5 Å². The van der Waals surface area contributed by atoms with Crippen molar-refractivity contribution in [1.82, 2.24) is 0 Å². The van der Waals surface area contributed by atoms with E-state index in [9.17, 15) is 5.11 Å². The fourth-order valence-electron chi connectivity index (χ4n) is 9.18. The summed E-state index contributed by atoms with van der Waals surface area (Å²) in [7, 11) is 0. The largest absolute Gasteiger partial charge is 0.493 e. The molecule has 9 rings (SSSR count). The molecule has 0 radical (unpaired) electrons. The SMILES string of the molecule is C=CCN1CCCc2ccc(Cc3cc(C4(O)O[C@H](COCc5ccccc5)[C@@H](F)[C@H](OCc5ccccc5)[C@H]4OCc4ccccc4)c(OCc4ccccc4)c4c3OCC4)cc21. The van der Waals surface area contributed by atoms with Crippen molar-refractivity contribution in [1.29, 1.82) is 0 Å². The van der Waals surface area contributed by atoms with Gasteiger partial charge in [0.25, 0.3) is 0 Å². The highest BCUT2D eigenvalue weighted by molar-refractivity contribution is 5.62. The Labute approximate surface area is 375 Å². The summed E-state index contributed by atoms with van der Waals surface area (Å²) in [4.78, 5) is 2.37. The quantitative estimate of drug-likeness (QED) is 0.0857. The normalized spacial score (nSPS) is 21.4. The minimum absolute atomic E-state index is 0.0573. The molecule has 6 aromatic rings. The number of hydrogen-bond acceptors (Lipinski definition) is 8. The number of nitrogens with zero attached hydrogens (tertiary/aromatic N) is 1. The summed E-state index contributed by atoms with van der Waals surface area (Å²) in [5, 5.41) is 13.7. The van der Waals surface area contributed by atoms with Crippen LogP contribution in [0.3, 0.4) is 0 Å². The Morgan fingerprint density at radius 1 is 0.734 bits per heavy atom. The van der Waals surface area contributed by atoms with Crippen LogP contribution in [0.5, 0.6) is 11.5 Å². The molecule has 1 unspecified atom stereocenters. The number of benzene rings is 6. The van der Waals surface area contributed by atoms with Crippen molar-refractivity contribution in [2.24, 2.45) is 0 Å². The molecule has 0 amide bonds. The third-order valence-corrected chi connectivity index (χ3v) is 12.4. The monoisotopic (exact) mass is 861 g/mol. The molecule has 0 aromatic heterocycles. The summed E-state index contributed by atoms with van der Waals surface area (Å²) in [6.07, 6.45) is -0.561. The highest BCUT2D eigenvalue weighted by Crippen LogP contribution is 2.50. The van der Waals surface area contributed by atoms with Gasteiger partial charge in [-0.2, -0.15) is 0 Å². The number of alkyl halides is 1. The molecular formula is C55H56FNO7. The first-order valence-electron chi connectivity index (χ1n) is 22.4.